The molecule has 0 aliphatic heterocycles. The van der Waals surface area contributed by atoms with Gasteiger partial charge in [0.2, 0.25) is 0 Å². The van der Waals surface area contributed by atoms with E-state index >= 15 is 0 Å². The molecule has 0 saturated carbocycles. The van der Waals surface area contributed by atoms with Crippen molar-refractivity contribution in [2.75, 3.05) is 20.8 Å². The molecule has 8 nitrogen and oxygen atoms in total. The van der Waals surface area contributed by atoms with Crippen LogP contribution in [0.5, 0.6) is 17.2 Å². The van der Waals surface area contributed by atoms with Gasteiger partial charge in [0, 0.05) is 17.5 Å². The van der Waals surface area contributed by atoms with Gasteiger partial charge in [0.1, 0.15) is 11.3 Å². The number of fused-ring (bicyclic) bond motifs is 1. The Kier molecular flexibility index (Phi) is 6.13. The van der Waals surface area contributed by atoms with Gasteiger partial charge < -0.3 is 18.6 Å². The normalized spacial score (nSPS) is 10.9. The van der Waals surface area contributed by atoms with E-state index in [0.717, 1.165) is 16.5 Å². The number of carbonyl (C=O) groups excluding carboxylic acids is 1. The number of carbonyl (C=O) groups is 1. The Balaban J connectivity index is 1.58. The molecule has 0 unspecified atom stereocenters. The molecule has 1 N–H and O–H groups in total. The summed E-state index contributed by atoms with van der Waals surface area (Å²) in [6.07, 6.45) is 1.48. The van der Waals surface area contributed by atoms with Crippen LogP contribution in [0.3, 0.4) is 0 Å². The summed E-state index contributed by atoms with van der Waals surface area (Å²) in [7, 11) is 3.09. The van der Waals surface area contributed by atoms with Gasteiger partial charge in [-0.15, -0.1) is 0 Å². The molecule has 0 aliphatic rings. The van der Waals surface area contributed by atoms with E-state index < -0.39 is 11.5 Å². The number of hydrogen-bond donors (Lipinski definition) is 1. The number of nitrogens with one attached hydrogen (secondary N) is 1. The molecule has 29 heavy (non-hydrogen) atoms. The standard InChI is InChI=1S/C21H20N2O6/c1-13-8-21(25)29-18-10-15(5-6-16(13)18)28-12-20(24)23-22-11-14-4-7-17(26-2)19(9-14)27-3/h4-11H,12H2,1-3H3,(H,23,24)/b22-11+. The van der Waals surface area contributed by atoms with E-state index in [0.29, 0.717) is 22.8 Å². The third kappa shape index (κ3) is 4.92. The second-order valence-corrected chi connectivity index (χ2v) is 6.10. The van der Waals surface area contributed by atoms with Crippen LogP contribution in [-0.2, 0) is 4.79 Å². The zero-order valence-corrected chi connectivity index (χ0v) is 16.2. The molecular formula is C21H20N2O6. The molecule has 2 aromatic carbocycles. The summed E-state index contributed by atoms with van der Waals surface area (Å²) in [5.74, 6) is 1.13. The first-order chi connectivity index (χ1) is 14.0. The third-order valence-corrected chi connectivity index (χ3v) is 4.10. The summed E-state index contributed by atoms with van der Waals surface area (Å²) in [5, 5.41) is 4.70. The van der Waals surface area contributed by atoms with Crippen molar-refractivity contribution in [2.45, 2.75) is 6.92 Å². The van der Waals surface area contributed by atoms with Crippen LogP contribution in [0.4, 0.5) is 0 Å². The van der Waals surface area contributed by atoms with Crippen LogP contribution in [0.2, 0.25) is 0 Å². The average molecular weight is 396 g/mol. The largest absolute Gasteiger partial charge is 0.493 e. The number of hydrogen-bond acceptors (Lipinski definition) is 7. The van der Waals surface area contributed by atoms with E-state index in [2.05, 4.69) is 10.5 Å². The van der Waals surface area contributed by atoms with Gasteiger partial charge in [0.25, 0.3) is 5.91 Å². The lowest BCUT2D eigenvalue weighted by atomic mass is 10.1. The molecule has 0 atom stereocenters. The zero-order chi connectivity index (χ0) is 20.8. The van der Waals surface area contributed by atoms with Crippen molar-refractivity contribution in [3.63, 3.8) is 0 Å². The molecule has 0 saturated heterocycles. The number of methoxy groups -OCH3 is 2. The van der Waals surface area contributed by atoms with Gasteiger partial charge >= 0.3 is 5.63 Å². The molecule has 1 amide bonds. The van der Waals surface area contributed by atoms with Crippen molar-refractivity contribution in [3.05, 3.63) is 64.0 Å². The quantitative estimate of drug-likeness (QED) is 0.374. The van der Waals surface area contributed by atoms with Crippen LogP contribution in [0.25, 0.3) is 11.0 Å². The van der Waals surface area contributed by atoms with Crippen molar-refractivity contribution < 1.29 is 23.4 Å². The highest BCUT2D eigenvalue weighted by atomic mass is 16.5. The number of benzene rings is 2. The Morgan fingerprint density at radius 2 is 1.90 bits per heavy atom. The molecule has 1 aromatic heterocycles. The highest BCUT2D eigenvalue weighted by Gasteiger charge is 2.07. The lowest BCUT2D eigenvalue weighted by molar-refractivity contribution is -0.123. The fourth-order valence-electron chi connectivity index (χ4n) is 2.69. The molecule has 3 rings (SSSR count). The first kappa shape index (κ1) is 19.9. The van der Waals surface area contributed by atoms with E-state index in [1.165, 1.54) is 19.4 Å². The van der Waals surface area contributed by atoms with Gasteiger partial charge in [0.15, 0.2) is 18.1 Å². The Bertz CT molecular complexity index is 1120. The highest BCUT2D eigenvalue weighted by Crippen LogP contribution is 2.26. The third-order valence-electron chi connectivity index (χ3n) is 4.10. The van der Waals surface area contributed by atoms with Gasteiger partial charge in [-0.05, 0) is 48.4 Å². The molecule has 0 spiro atoms. The van der Waals surface area contributed by atoms with Gasteiger partial charge in [-0.1, -0.05) is 0 Å². The van der Waals surface area contributed by atoms with E-state index in [1.807, 2.05) is 6.92 Å². The molecule has 150 valence electrons. The zero-order valence-electron chi connectivity index (χ0n) is 16.2. The first-order valence-corrected chi connectivity index (χ1v) is 8.71. The Morgan fingerprint density at radius 3 is 2.66 bits per heavy atom. The molecule has 0 fully saturated rings. The van der Waals surface area contributed by atoms with Crippen LogP contribution in [-0.4, -0.2) is 32.9 Å². The maximum Gasteiger partial charge on any atom is 0.336 e. The maximum absolute atomic E-state index is 11.9. The smallest absolute Gasteiger partial charge is 0.336 e. The van der Waals surface area contributed by atoms with Crippen molar-refractivity contribution in [3.8, 4) is 17.2 Å². The van der Waals surface area contributed by atoms with E-state index in [9.17, 15) is 9.59 Å². The second kappa shape index (κ2) is 8.92. The maximum atomic E-state index is 11.9. The molecule has 0 radical (unpaired) electrons. The minimum atomic E-state index is -0.437. The minimum absolute atomic E-state index is 0.245. The topological polar surface area (TPSA) is 99.4 Å². The number of amides is 1. The van der Waals surface area contributed by atoms with Gasteiger partial charge in [-0.2, -0.15) is 5.10 Å². The molecule has 1 heterocycles. The van der Waals surface area contributed by atoms with Crippen LogP contribution in [0.1, 0.15) is 11.1 Å². The number of aryl methyl sites for hydroxylation is 1. The lowest BCUT2D eigenvalue weighted by Gasteiger charge is -2.08. The SMILES string of the molecule is COc1ccc(/C=N/NC(=O)COc2ccc3c(C)cc(=O)oc3c2)cc1OC. The monoisotopic (exact) mass is 396 g/mol. The fourth-order valence-corrected chi connectivity index (χ4v) is 2.69. The second-order valence-electron chi connectivity index (χ2n) is 6.10. The van der Waals surface area contributed by atoms with Crippen LogP contribution >= 0.6 is 0 Å². The predicted octanol–water partition coefficient (Wildman–Crippen LogP) is 2.65. The van der Waals surface area contributed by atoms with Crippen LogP contribution < -0.4 is 25.3 Å². The molecule has 3 aromatic rings. The number of rotatable bonds is 7. The summed E-state index contributed by atoms with van der Waals surface area (Å²) >= 11 is 0. The fraction of sp³-hybridized carbons (Fsp3) is 0.190. The van der Waals surface area contributed by atoms with Crippen molar-refractivity contribution in [1.82, 2.24) is 5.43 Å². The lowest BCUT2D eigenvalue weighted by Crippen LogP contribution is -2.24. The summed E-state index contributed by atoms with van der Waals surface area (Å²) in [6.45, 7) is 1.58. The summed E-state index contributed by atoms with van der Waals surface area (Å²) in [5.41, 5.74) is 3.89. The van der Waals surface area contributed by atoms with Crippen LogP contribution in [0, 0.1) is 6.92 Å². The highest BCUT2D eigenvalue weighted by molar-refractivity contribution is 5.84. The van der Waals surface area contributed by atoms with Crippen molar-refractivity contribution in [2.24, 2.45) is 5.10 Å². The van der Waals surface area contributed by atoms with Crippen molar-refractivity contribution in [1.29, 1.82) is 0 Å². The summed E-state index contributed by atoms with van der Waals surface area (Å²) < 4.78 is 21.0. The minimum Gasteiger partial charge on any atom is -0.493 e. The number of ether oxygens (including phenoxy) is 3. The Morgan fingerprint density at radius 1 is 1.10 bits per heavy atom. The Hall–Kier alpha value is -3.81. The Labute approximate surface area is 166 Å². The van der Waals surface area contributed by atoms with Gasteiger partial charge in [0.05, 0.1) is 20.4 Å². The van der Waals surface area contributed by atoms with E-state index in [4.69, 9.17) is 18.6 Å². The van der Waals surface area contributed by atoms with Gasteiger partial charge in [-0.3, -0.25) is 4.79 Å². The van der Waals surface area contributed by atoms with E-state index in [-0.39, 0.29) is 6.61 Å². The molecule has 8 heteroatoms. The number of hydrazone groups is 1. The first-order valence-electron chi connectivity index (χ1n) is 8.71. The van der Waals surface area contributed by atoms with Gasteiger partial charge in [-0.25, -0.2) is 10.2 Å². The van der Waals surface area contributed by atoms with E-state index in [1.54, 1.807) is 43.5 Å². The van der Waals surface area contributed by atoms with Crippen molar-refractivity contribution >= 4 is 23.1 Å². The predicted molar refractivity (Wildman–Crippen MR) is 108 cm³/mol. The summed E-state index contributed by atoms with van der Waals surface area (Å²) in [4.78, 5) is 23.4. The average Bonchev–Trinajstić information content (AvgIpc) is 2.71. The molecule has 0 aliphatic carbocycles. The summed E-state index contributed by atoms with van der Waals surface area (Å²) in [6, 6.07) is 11.7. The molecular weight excluding hydrogens is 376 g/mol. The number of nitrogens with zero attached hydrogens (tertiary/aromatic N) is 1. The van der Waals surface area contributed by atoms with Crippen LogP contribution in [0.15, 0.2) is 56.8 Å². The molecule has 0 bridgehead atoms.